The van der Waals surface area contributed by atoms with E-state index in [-0.39, 0.29) is 34.9 Å². The summed E-state index contributed by atoms with van der Waals surface area (Å²) >= 11 is 0. The molecule has 2 aromatic rings. The molecule has 0 aliphatic carbocycles. The molecule has 0 saturated heterocycles. The maximum Gasteiger partial charge on any atom is 0.194 e. The minimum absolute atomic E-state index is 0.00268. The van der Waals surface area contributed by atoms with E-state index in [4.69, 9.17) is 4.74 Å². The number of benzene rings is 2. The Balaban J connectivity index is 1.74. The molecule has 1 heterocycles. The van der Waals surface area contributed by atoms with E-state index in [1.807, 2.05) is 30.1 Å². The minimum Gasteiger partial charge on any atom is -0.485 e. The van der Waals surface area contributed by atoms with Gasteiger partial charge < -0.3 is 9.64 Å². The van der Waals surface area contributed by atoms with Gasteiger partial charge in [0.1, 0.15) is 11.6 Å². The highest BCUT2D eigenvalue weighted by molar-refractivity contribution is 5.95. The number of carbonyl (C=O) groups is 2. The molecule has 0 unspecified atom stereocenters. The third kappa shape index (κ3) is 3.50. The van der Waals surface area contributed by atoms with Crippen LogP contribution >= 0.6 is 0 Å². The SMILES string of the molecule is CC(=O)c1ccc(OCC(=O)/C=C2\N(C)c3ccccc3C2(C)C)cc1F. The third-order valence-electron chi connectivity index (χ3n) is 4.94. The Labute approximate surface area is 158 Å². The molecule has 0 saturated carbocycles. The van der Waals surface area contributed by atoms with Gasteiger partial charge in [0, 0.05) is 36.0 Å². The number of likely N-dealkylation sites (N-methyl/N-ethyl adjacent to an activating group) is 1. The van der Waals surface area contributed by atoms with E-state index in [9.17, 15) is 14.0 Å². The number of halogens is 1. The summed E-state index contributed by atoms with van der Waals surface area (Å²) < 4.78 is 19.3. The molecule has 0 radical (unpaired) electrons. The number of hydrogen-bond donors (Lipinski definition) is 0. The summed E-state index contributed by atoms with van der Waals surface area (Å²) in [5, 5.41) is 0. The number of ketones is 2. The summed E-state index contributed by atoms with van der Waals surface area (Å²) in [5.41, 5.74) is 2.83. The molecule has 0 aromatic heterocycles. The van der Waals surface area contributed by atoms with E-state index in [1.54, 1.807) is 6.08 Å². The zero-order chi connectivity index (χ0) is 19.8. The normalized spacial score (nSPS) is 16.3. The summed E-state index contributed by atoms with van der Waals surface area (Å²) in [6.45, 7) is 5.24. The molecule has 0 bridgehead atoms. The van der Waals surface area contributed by atoms with Gasteiger partial charge in [0.15, 0.2) is 18.2 Å². The topological polar surface area (TPSA) is 46.6 Å². The first-order valence-electron chi connectivity index (χ1n) is 8.73. The Kier molecular flexibility index (Phi) is 4.87. The second-order valence-corrected chi connectivity index (χ2v) is 7.18. The Morgan fingerprint density at radius 2 is 1.89 bits per heavy atom. The number of para-hydroxylation sites is 1. The lowest BCUT2D eigenvalue weighted by molar-refractivity contribution is -0.116. The van der Waals surface area contributed by atoms with Crippen LogP contribution in [0, 0.1) is 5.82 Å². The molecule has 3 rings (SSSR count). The Bertz CT molecular complexity index is 946. The van der Waals surface area contributed by atoms with E-state index in [2.05, 4.69) is 19.9 Å². The van der Waals surface area contributed by atoms with Crippen molar-refractivity contribution in [3.8, 4) is 5.75 Å². The number of fused-ring (bicyclic) bond motifs is 1. The zero-order valence-electron chi connectivity index (χ0n) is 15.9. The van der Waals surface area contributed by atoms with Crippen molar-refractivity contribution in [3.05, 3.63) is 71.2 Å². The van der Waals surface area contributed by atoms with Crippen molar-refractivity contribution in [1.82, 2.24) is 0 Å². The summed E-state index contributed by atoms with van der Waals surface area (Å²) in [4.78, 5) is 25.7. The number of nitrogens with zero attached hydrogens (tertiary/aromatic N) is 1. The van der Waals surface area contributed by atoms with E-state index < -0.39 is 5.82 Å². The van der Waals surface area contributed by atoms with Crippen molar-refractivity contribution < 1.29 is 18.7 Å². The fourth-order valence-corrected chi connectivity index (χ4v) is 3.48. The predicted octanol–water partition coefficient (Wildman–Crippen LogP) is 4.29. The first kappa shape index (κ1) is 18.8. The number of anilines is 1. The fraction of sp³-hybridized carbons (Fsp3) is 0.273. The molecule has 1 aliphatic rings. The smallest absolute Gasteiger partial charge is 0.194 e. The van der Waals surface area contributed by atoms with Crippen LogP contribution in [0.15, 0.2) is 54.2 Å². The number of allylic oxidation sites excluding steroid dienone is 1. The molecule has 0 fully saturated rings. The maximum absolute atomic E-state index is 13.9. The zero-order valence-corrected chi connectivity index (χ0v) is 15.9. The van der Waals surface area contributed by atoms with E-state index >= 15 is 0 Å². The second-order valence-electron chi connectivity index (χ2n) is 7.18. The van der Waals surface area contributed by atoms with E-state index in [0.29, 0.717) is 0 Å². The molecular formula is C22H22FNO3. The molecule has 1 aliphatic heterocycles. The van der Waals surface area contributed by atoms with Crippen LogP contribution < -0.4 is 9.64 Å². The Morgan fingerprint density at radius 1 is 1.19 bits per heavy atom. The molecule has 0 atom stereocenters. The van der Waals surface area contributed by atoms with Crippen molar-refractivity contribution in [3.63, 3.8) is 0 Å². The van der Waals surface area contributed by atoms with Gasteiger partial charge in [0.05, 0.1) is 5.56 Å². The number of hydrogen-bond acceptors (Lipinski definition) is 4. The number of rotatable bonds is 5. The van der Waals surface area contributed by atoms with Crippen LogP contribution in [0.2, 0.25) is 0 Å². The van der Waals surface area contributed by atoms with Crippen molar-refractivity contribution in [2.45, 2.75) is 26.2 Å². The average Bonchev–Trinajstić information content (AvgIpc) is 2.81. The largest absolute Gasteiger partial charge is 0.485 e. The molecule has 5 heteroatoms. The Hall–Kier alpha value is -2.95. The fourth-order valence-electron chi connectivity index (χ4n) is 3.48. The second kappa shape index (κ2) is 6.99. The van der Waals surface area contributed by atoms with E-state index in [1.165, 1.54) is 19.1 Å². The van der Waals surface area contributed by atoms with Crippen LogP contribution in [0.1, 0.15) is 36.7 Å². The quantitative estimate of drug-likeness (QED) is 0.584. The van der Waals surface area contributed by atoms with Crippen LogP contribution in [0.4, 0.5) is 10.1 Å². The van der Waals surface area contributed by atoms with Crippen LogP contribution in [0.25, 0.3) is 0 Å². The maximum atomic E-state index is 13.9. The lowest BCUT2D eigenvalue weighted by Crippen LogP contribution is -2.25. The van der Waals surface area contributed by atoms with Gasteiger partial charge in [-0.15, -0.1) is 0 Å². The van der Waals surface area contributed by atoms with Crippen LogP contribution in [-0.2, 0) is 10.2 Å². The summed E-state index contributed by atoms with van der Waals surface area (Å²) in [6.07, 6.45) is 1.58. The van der Waals surface area contributed by atoms with Gasteiger partial charge >= 0.3 is 0 Å². The van der Waals surface area contributed by atoms with Crippen LogP contribution in [-0.4, -0.2) is 25.2 Å². The number of carbonyl (C=O) groups excluding carboxylic acids is 2. The molecule has 27 heavy (non-hydrogen) atoms. The molecule has 0 N–H and O–H groups in total. The standard InChI is InChI=1S/C22H22FNO3/c1-14(25)17-10-9-16(12-19(17)23)27-13-15(26)11-21-22(2,3)18-7-5-6-8-20(18)24(21)4/h5-12H,13H2,1-4H3/b21-11-. The van der Waals surface area contributed by atoms with Gasteiger partial charge in [-0.1, -0.05) is 32.0 Å². The summed E-state index contributed by atoms with van der Waals surface area (Å²) in [5.74, 6) is -1.01. The van der Waals surface area contributed by atoms with Gasteiger partial charge in [-0.3, -0.25) is 9.59 Å². The van der Waals surface area contributed by atoms with Crippen molar-refractivity contribution in [1.29, 1.82) is 0 Å². The molecule has 140 valence electrons. The first-order valence-corrected chi connectivity index (χ1v) is 8.73. The highest BCUT2D eigenvalue weighted by Crippen LogP contribution is 2.46. The molecule has 0 amide bonds. The minimum atomic E-state index is -0.655. The van der Waals surface area contributed by atoms with Gasteiger partial charge in [-0.05, 0) is 30.7 Å². The molecule has 4 nitrogen and oxygen atoms in total. The van der Waals surface area contributed by atoms with Gasteiger partial charge in [0.25, 0.3) is 0 Å². The first-order chi connectivity index (χ1) is 12.7. The summed E-state index contributed by atoms with van der Waals surface area (Å²) in [7, 11) is 1.93. The predicted molar refractivity (Wildman–Crippen MR) is 103 cm³/mol. The lowest BCUT2D eigenvalue weighted by Gasteiger charge is -2.23. The summed E-state index contributed by atoms with van der Waals surface area (Å²) in [6, 6.07) is 12.0. The van der Waals surface area contributed by atoms with Gasteiger partial charge in [-0.2, -0.15) is 0 Å². The Morgan fingerprint density at radius 3 is 2.52 bits per heavy atom. The highest BCUT2D eigenvalue weighted by atomic mass is 19.1. The number of ether oxygens (including phenoxy) is 1. The van der Waals surface area contributed by atoms with Crippen LogP contribution in [0.3, 0.4) is 0 Å². The highest BCUT2D eigenvalue weighted by Gasteiger charge is 2.38. The van der Waals surface area contributed by atoms with E-state index in [0.717, 1.165) is 23.0 Å². The molecular weight excluding hydrogens is 345 g/mol. The van der Waals surface area contributed by atoms with Crippen LogP contribution in [0.5, 0.6) is 5.75 Å². The van der Waals surface area contributed by atoms with Gasteiger partial charge in [0.2, 0.25) is 0 Å². The van der Waals surface area contributed by atoms with Gasteiger partial charge in [-0.25, -0.2) is 4.39 Å². The van der Waals surface area contributed by atoms with Crippen molar-refractivity contribution in [2.24, 2.45) is 0 Å². The molecule has 2 aromatic carbocycles. The number of Topliss-reactive ketones (excluding diaryl/α,β-unsaturated/α-hetero) is 1. The monoisotopic (exact) mass is 367 g/mol. The van der Waals surface area contributed by atoms with Crippen molar-refractivity contribution in [2.75, 3.05) is 18.6 Å². The lowest BCUT2D eigenvalue weighted by atomic mass is 9.83. The molecule has 0 spiro atoms. The third-order valence-corrected chi connectivity index (χ3v) is 4.94. The van der Waals surface area contributed by atoms with Crippen molar-refractivity contribution >= 4 is 17.3 Å². The average molecular weight is 367 g/mol.